The smallest absolute Gasteiger partial charge is 0.287 e. The molecule has 0 spiro atoms. The molecule has 184 valence electrons. The summed E-state index contributed by atoms with van der Waals surface area (Å²) in [6.07, 6.45) is 2.69. The summed E-state index contributed by atoms with van der Waals surface area (Å²) < 4.78 is 33.5. The number of piperidine rings is 1. The molecule has 35 heavy (non-hydrogen) atoms. The molecular weight excluding hydrogens is 466 g/mol. The van der Waals surface area contributed by atoms with Crippen LogP contribution < -0.4 is 10.0 Å². The fraction of sp³-hybridized carbons (Fsp3) is 0.308. The molecule has 1 saturated heterocycles. The van der Waals surface area contributed by atoms with Gasteiger partial charge in [-0.05, 0) is 56.0 Å². The number of benzene rings is 2. The van der Waals surface area contributed by atoms with E-state index in [1.807, 2.05) is 37.3 Å². The average molecular weight is 496 g/mol. The van der Waals surface area contributed by atoms with E-state index in [1.54, 1.807) is 24.0 Å². The highest BCUT2D eigenvalue weighted by Gasteiger charge is 2.27. The fourth-order valence-electron chi connectivity index (χ4n) is 4.11. The number of aryl methyl sites for hydroxylation is 2. The van der Waals surface area contributed by atoms with Crippen LogP contribution in [0.25, 0.3) is 0 Å². The third kappa shape index (κ3) is 5.80. The molecule has 2 amide bonds. The van der Waals surface area contributed by atoms with Gasteiger partial charge in [0.05, 0.1) is 11.2 Å². The second-order valence-electron chi connectivity index (χ2n) is 8.76. The number of likely N-dealkylation sites (tertiary alicyclic amines) is 1. The van der Waals surface area contributed by atoms with Crippen molar-refractivity contribution in [1.29, 1.82) is 0 Å². The normalized spacial score (nSPS) is 14.6. The summed E-state index contributed by atoms with van der Waals surface area (Å²) in [6.45, 7) is 4.69. The van der Waals surface area contributed by atoms with Gasteiger partial charge in [0.25, 0.3) is 11.8 Å². The molecule has 1 aliphatic rings. The topological polar surface area (TPSA) is 109 Å². The van der Waals surface area contributed by atoms with Gasteiger partial charge < -0.3 is 14.6 Å². The van der Waals surface area contributed by atoms with Crippen molar-refractivity contribution in [3.63, 3.8) is 0 Å². The van der Waals surface area contributed by atoms with Gasteiger partial charge in [-0.1, -0.05) is 36.4 Å². The van der Waals surface area contributed by atoms with Gasteiger partial charge in [0.1, 0.15) is 0 Å². The summed E-state index contributed by atoms with van der Waals surface area (Å²) in [7, 11) is -3.79. The molecular formula is C26H29N3O5S. The largest absolute Gasteiger partial charge is 0.459 e. The van der Waals surface area contributed by atoms with Crippen LogP contribution in [-0.4, -0.2) is 44.3 Å². The van der Waals surface area contributed by atoms with E-state index in [0.29, 0.717) is 42.8 Å². The van der Waals surface area contributed by atoms with E-state index in [9.17, 15) is 18.0 Å². The summed E-state index contributed by atoms with van der Waals surface area (Å²) in [4.78, 5) is 27.4. The zero-order valence-corrected chi connectivity index (χ0v) is 20.6. The van der Waals surface area contributed by atoms with Crippen molar-refractivity contribution >= 4 is 21.8 Å². The molecule has 9 heteroatoms. The zero-order valence-electron chi connectivity index (χ0n) is 19.8. The van der Waals surface area contributed by atoms with Gasteiger partial charge in [0, 0.05) is 36.8 Å². The minimum atomic E-state index is -3.79. The van der Waals surface area contributed by atoms with Crippen molar-refractivity contribution in [2.45, 2.75) is 44.2 Å². The molecule has 0 aliphatic carbocycles. The minimum absolute atomic E-state index is 0.0540. The first-order valence-electron chi connectivity index (χ1n) is 11.5. The van der Waals surface area contributed by atoms with Crippen LogP contribution in [0.2, 0.25) is 0 Å². The molecule has 4 rings (SSSR count). The van der Waals surface area contributed by atoms with E-state index < -0.39 is 10.0 Å². The van der Waals surface area contributed by atoms with Crippen LogP contribution in [0.3, 0.4) is 0 Å². The van der Waals surface area contributed by atoms with Gasteiger partial charge in [-0.3, -0.25) is 9.59 Å². The Balaban J connectivity index is 1.39. The van der Waals surface area contributed by atoms with Crippen molar-refractivity contribution in [1.82, 2.24) is 14.9 Å². The first-order chi connectivity index (χ1) is 16.7. The Kier molecular flexibility index (Phi) is 7.37. The number of rotatable bonds is 7. The second kappa shape index (κ2) is 10.5. The number of amides is 2. The first-order valence-corrected chi connectivity index (χ1v) is 13.0. The minimum Gasteiger partial charge on any atom is -0.459 e. The SMILES string of the molecule is Cc1ccc(S(=O)(=O)NCc2ccccc2)cc1C(=O)N1CCC(NC(=O)c2occc2C)CC1. The Morgan fingerprint density at radius 1 is 1.00 bits per heavy atom. The summed E-state index contributed by atoms with van der Waals surface area (Å²) in [5, 5.41) is 2.97. The van der Waals surface area contributed by atoms with Crippen molar-refractivity contribution in [3.05, 3.63) is 88.9 Å². The van der Waals surface area contributed by atoms with Gasteiger partial charge in [-0.15, -0.1) is 0 Å². The highest BCUT2D eigenvalue weighted by atomic mass is 32.2. The fourth-order valence-corrected chi connectivity index (χ4v) is 5.15. The molecule has 0 bridgehead atoms. The van der Waals surface area contributed by atoms with Gasteiger partial charge in [-0.25, -0.2) is 13.1 Å². The lowest BCUT2D eigenvalue weighted by Crippen LogP contribution is -2.46. The van der Waals surface area contributed by atoms with Crippen molar-refractivity contribution in [2.75, 3.05) is 13.1 Å². The molecule has 1 fully saturated rings. The summed E-state index contributed by atoms with van der Waals surface area (Å²) >= 11 is 0. The molecule has 8 nitrogen and oxygen atoms in total. The summed E-state index contributed by atoms with van der Waals surface area (Å²) in [5.74, 6) is -0.165. The van der Waals surface area contributed by atoms with E-state index in [-0.39, 0.29) is 29.3 Å². The Bertz CT molecular complexity index is 1310. The lowest BCUT2D eigenvalue weighted by atomic mass is 10.0. The third-order valence-corrected chi connectivity index (χ3v) is 7.64. The number of hydrogen-bond donors (Lipinski definition) is 2. The van der Waals surface area contributed by atoms with Crippen LogP contribution in [0.1, 0.15) is 50.4 Å². The molecule has 1 aliphatic heterocycles. The number of furan rings is 1. The number of nitrogens with zero attached hydrogens (tertiary/aromatic N) is 1. The molecule has 2 heterocycles. The second-order valence-corrected chi connectivity index (χ2v) is 10.5. The molecule has 0 unspecified atom stereocenters. The van der Waals surface area contributed by atoms with Gasteiger partial charge in [0.15, 0.2) is 5.76 Å². The van der Waals surface area contributed by atoms with Gasteiger partial charge in [0.2, 0.25) is 10.0 Å². The van der Waals surface area contributed by atoms with Crippen LogP contribution in [0.4, 0.5) is 0 Å². The Labute approximate surface area is 205 Å². The predicted octanol–water partition coefficient (Wildman–Crippen LogP) is 3.41. The Morgan fingerprint density at radius 3 is 2.37 bits per heavy atom. The maximum atomic E-state index is 13.2. The van der Waals surface area contributed by atoms with Crippen molar-refractivity contribution < 1.29 is 22.4 Å². The van der Waals surface area contributed by atoms with Crippen LogP contribution in [0.5, 0.6) is 0 Å². The maximum Gasteiger partial charge on any atom is 0.287 e. The van der Waals surface area contributed by atoms with E-state index in [0.717, 1.165) is 11.1 Å². The predicted molar refractivity (Wildman–Crippen MR) is 131 cm³/mol. The lowest BCUT2D eigenvalue weighted by Gasteiger charge is -2.32. The van der Waals surface area contributed by atoms with E-state index in [2.05, 4.69) is 10.0 Å². The molecule has 2 aromatic carbocycles. The number of hydrogen-bond acceptors (Lipinski definition) is 5. The maximum absolute atomic E-state index is 13.2. The highest BCUT2D eigenvalue weighted by Crippen LogP contribution is 2.21. The molecule has 0 saturated carbocycles. The van der Waals surface area contributed by atoms with Crippen LogP contribution >= 0.6 is 0 Å². The Hall–Kier alpha value is -3.43. The molecule has 3 aromatic rings. The Morgan fingerprint density at radius 2 is 1.71 bits per heavy atom. The van der Waals surface area contributed by atoms with Crippen molar-refractivity contribution in [2.24, 2.45) is 0 Å². The number of carbonyl (C=O) groups is 2. The van der Waals surface area contributed by atoms with Crippen molar-refractivity contribution in [3.8, 4) is 0 Å². The van der Waals surface area contributed by atoms with Crippen LogP contribution in [-0.2, 0) is 16.6 Å². The zero-order chi connectivity index (χ0) is 25.0. The highest BCUT2D eigenvalue weighted by molar-refractivity contribution is 7.89. The van der Waals surface area contributed by atoms with E-state index in [1.165, 1.54) is 18.4 Å². The quantitative estimate of drug-likeness (QED) is 0.522. The molecule has 0 radical (unpaired) electrons. The van der Waals surface area contributed by atoms with Crippen LogP contribution in [0.15, 0.2) is 70.2 Å². The standard InChI is InChI=1S/C26H29N3O5S/c1-18-8-9-22(35(32,33)27-17-20-6-4-3-5-7-20)16-23(18)26(31)29-13-10-21(11-14-29)28-25(30)24-19(2)12-15-34-24/h3-9,12,15-16,21,27H,10-11,13-14,17H2,1-2H3,(H,28,30). The first kappa shape index (κ1) is 24.7. The number of carbonyl (C=O) groups excluding carboxylic acids is 2. The monoisotopic (exact) mass is 495 g/mol. The van der Waals surface area contributed by atoms with E-state index >= 15 is 0 Å². The molecule has 2 N–H and O–H groups in total. The number of sulfonamides is 1. The average Bonchev–Trinajstić information content (AvgIpc) is 3.30. The summed E-state index contributed by atoms with van der Waals surface area (Å²) in [6, 6.07) is 15.5. The summed E-state index contributed by atoms with van der Waals surface area (Å²) in [5.41, 5.74) is 2.69. The number of nitrogens with one attached hydrogen (secondary N) is 2. The molecule has 1 aromatic heterocycles. The van der Waals surface area contributed by atoms with Gasteiger partial charge in [-0.2, -0.15) is 0 Å². The third-order valence-electron chi connectivity index (χ3n) is 6.24. The lowest BCUT2D eigenvalue weighted by molar-refractivity contribution is 0.0694. The van der Waals surface area contributed by atoms with E-state index in [4.69, 9.17) is 4.42 Å². The van der Waals surface area contributed by atoms with Crippen LogP contribution in [0, 0.1) is 13.8 Å². The van der Waals surface area contributed by atoms with Gasteiger partial charge >= 0.3 is 0 Å². The molecule has 0 atom stereocenters.